The molecule has 1 aromatic carbocycles. The Kier molecular flexibility index (Phi) is 5.15. The van der Waals surface area contributed by atoms with Crippen LogP contribution in [0.15, 0.2) is 45.6 Å². The lowest BCUT2D eigenvalue weighted by Gasteiger charge is -2.02. The third kappa shape index (κ3) is 4.36. The number of hydrogen-bond donors (Lipinski definition) is 1. The summed E-state index contributed by atoms with van der Waals surface area (Å²) in [5.41, 5.74) is 3.48. The van der Waals surface area contributed by atoms with Crippen molar-refractivity contribution in [2.45, 2.75) is 16.5 Å². The Morgan fingerprint density at radius 2 is 2.09 bits per heavy atom. The van der Waals surface area contributed by atoms with Gasteiger partial charge in [-0.25, -0.2) is 4.98 Å². The number of carbonyl (C=O) groups excluding carboxylic acids is 1. The monoisotopic (exact) mass is 348 g/mol. The number of aromatic nitrogens is 3. The van der Waals surface area contributed by atoms with Crippen LogP contribution in [-0.4, -0.2) is 21.1 Å². The molecule has 3 aromatic rings. The van der Waals surface area contributed by atoms with Crippen LogP contribution in [0.25, 0.3) is 0 Å². The molecule has 0 radical (unpaired) electrons. The van der Waals surface area contributed by atoms with Gasteiger partial charge in [-0.2, -0.15) is 0 Å². The zero-order valence-corrected chi connectivity index (χ0v) is 13.9. The first kappa shape index (κ1) is 15.1. The van der Waals surface area contributed by atoms with E-state index in [2.05, 4.69) is 20.5 Å². The molecule has 5 nitrogen and oxygen atoms in total. The van der Waals surface area contributed by atoms with Gasteiger partial charge in [0.1, 0.15) is 10.5 Å². The highest BCUT2D eigenvalue weighted by molar-refractivity contribution is 8.00. The lowest BCUT2D eigenvalue weighted by molar-refractivity contribution is -0.115. The molecule has 0 aliphatic rings. The minimum atomic E-state index is -0.0520. The first-order valence-corrected chi connectivity index (χ1v) is 9.21. The number of benzene rings is 1. The predicted octanol–water partition coefficient (Wildman–Crippen LogP) is 3.47. The highest BCUT2D eigenvalue weighted by atomic mass is 32.2. The SMILES string of the molecule is O=C(Cc1nc(CSc2nncs2)cs1)Nc1ccccc1. The van der Waals surface area contributed by atoms with Crippen molar-refractivity contribution in [1.82, 2.24) is 15.2 Å². The minimum Gasteiger partial charge on any atom is -0.326 e. The van der Waals surface area contributed by atoms with E-state index in [-0.39, 0.29) is 5.91 Å². The third-order valence-corrected chi connectivity index (χ3v) is 5.44. The summed E-state index contributed by atoms with van der Waals surface area (Å²) in [6, 6.07) is 9.43. The van der Waals surface area contributed by atoms with Gasteiger partial charge in [0.25, 0.3) is 0 Å². The van der Waals surface area contributed by atoms with Crippen LogP contribution in [0, 0.1) is 0 Å². The van der Waals surface area contributed by atoms with Crippen LogP contribution in [0.1, 0.15) is 10.7 Å². The molecule has 0 unspecified atom stereocenters. The molecule has 1 N–H and O–H groups in total. The van der Waals surface area contributed by atoms with E-state index in [9.17, 15) is 4.79 Å². The molecular formula is C14H12N4OS3. The van der Waals surface area contributed by atoms with Crippen LogP contribution >= 0.6 is 34.4 Å². The topological polar surface area (TPSA) is 67.8 Å². The molecule has 0 aliphatic heterocycles. The van der Waals surface area contributed by atoms with Crippen LogP contribution in [-0.2, 0) is 17.0 Å². The number of carbonyl (C=O) groups is 1. The first-order valence-electron chi connectivity index (χ1n) is 6.47. The van der Waals surface area contributed by atoms with Crippen molar-refractivity contribution in [1.29, 1.82) is 0 Å². The maximum absolute atomic E-state index is 12.0. The van der Waals surface area contributed by atoms with E-state index in [0.717, 1.165) is 26.5 Å². The summed E-state index contributed by atoms with van der Waals surface area (Å²) in [5.74, 6) is 0.690. The van der Waals surface area contributed by atoms with Gasteiger partial charge in [0.05, 0.1) is 12.1 Å². The molecule has 0 atom stereocenters. The molecule has 3 rings (SSSR count). The fraction of sp³-hybridized carbons (Fsp3) is 0.143. The van der Waals surface area contributed by atoms with E-state index in [1.807, 2.05) is 35.7 Å². The summed E-state index contributed by atoms with van der Waals surface area (Å²) in [4.78, 5) is 16.5. The molecule has 8 heteroatoms. The van der Waals surface area contributed by atoms with Gasteiger partial charge in [-0.3, -0.25) is 4.79 Å². The van der Waals surface area contributed by atoms with E-state index in [1.54, 1.807) is 17.3 Å². The molecule has 0 bridgehead atoms. The summed E-state index contributed by atoms with van der Waals surface area (Å²) in [6.07, 6.45) is 0.295. The standard InChI is InChI=1S/C14H12N4OS3/c19-12(16-10-4-2-1-3-5-10)6-13-17-11(7-20-13)8-21-14-18-15-9-22-14/h1-5,7,9H,6,8H2,(H,16,19). The number of rotatable bonds is 6. The zero-order chi connectivity index (χ0) is 15.2. The fourth-order valence-corrected chi connectivity index (χ4v) is 4.00. The quantitative estimate of drug-likeness (QED) is 0.691. The van der Waals surface area contributed by atoms with E-state index in [0.29, 0.717) is 6.42 Å². The first-order chi connectivity index (χ1) is 10.8. The number of thiazole rings is 1. The molecule has 0 saturated carbocycles. The Bertz CT molecular complexity index is 728. The molecule has 0 saturated heterocycles. The number of nitrogens with zero attached hydrogens (tertiary/aromatic N) is 3. The van der Waals surface area contributed by atoms with Crippen molar-refractivity contribution in [2.75, 3.05) is 5.32 Å². The summed E-state index contributed by atoms with van der Waals surface area (Å²) in [5, 5.41) is 13.4. The number of amides is 1. The number of anilines is 1. The van der Waals surface area contributed by atoms with E-state index in [1.165, 1.54) is 22.7 Å². The summed E-state index contributed by atoms with van der Waals surface area (Å²) in [6.45, 7) is 0. The van der Waals surface area contributed by atoms with Gasteiger partial charge in [0.2, 0.25) is 5.91 Å². The van der Waals surface area contributed by atoms with Crippen molar-refractivity contribution in [3.8, 4) is 0 Å². The minimum absolute atomic E-state index is 0.0520. The Balaban J connectivity index is 1.51. The molecule has 0 spiro atoms. The molecule has 0 fully saturated rings. The number of para-hydroxylation sites is 1. The van der Waals surface area contributed by atoms with E-state index in [4.69, 9.17) is 0 Å². The second-order valence-corrected chi connectivity index (χ2v) is 7.32. The van der Waals surface area contributed by atoms with E-state index < -0.39 is 0 Å². The molecule has 0 aliphatic carbocycles. The van der Waals surface area contributed by atoms with Crippen LogP contribution in [0.2, 0.25) is 0 Å². The predicted molar refractivity (Wildman–Crippen MR) is 90.4 cm³/mol. The lowest BCUT2D eigenvalue weighted by atomic mass is 10.3. The number of thioether (sulfide) groups is 1. The lowest BCUT2D eigenvalue weighted by Crippen LogP contribution is -2.14. The van der Waals surface area contributed by atoms with Crippen molar-refractivity contribution in [3.05, 3.63) is 51.9 Å². The van der Waals surface area contributed by atoms with E-state index >= 15 is 0 Å². The van der Waals surface area contributed by atoms with Gasteiger partial charge in [-0.05, 0) is 12.1 Å². The average Bonchev–Trinajstić information content (AvgIpc) is 3.17. The maximum atomic E-state index is 12.0. The van der Waals surface area contributed by atoms with Gasteiger partial charge in [-0.15, -0.1) is 21.5 Å². The second-order valence-electron chi connectivity index (χ2n) is 4.32. The van der Waals surface area contributed by atoms with Crippen LogP contribution in [0.4, 0.5) is 5.69 Å². The van der Waals surface area contributed by atoms with Gasteiger partial charge in [-0.1, -0.05) is 41.3 Å². The molecule has 1 amide bonds. The summed E-state index contributed by atoms with van der Waals surface area (Å²) >= 11 is 4.62. The molecule has 2 heterocycles. The Labute approximate surface area is 139 Å². The molecule has 22 heavy (non-hydrogen) atoms. The van der Waals surface area contributed by atoms with Gasteiger partial charge in [0.15, 0.2) is 4.34 Å². The van der Waals surface area contributed by atoms with Crippen molar-refractivity contribution in [2.24, 2.45) is 0 Å². The summed E-state index contributed by atoms with van der Waals surface area (Å²) < 4.78 is 0.927. The van der Waals surface area contributed by atoms with Crippen molar-refractivity contribution >= 4 is 46.0 Å². The zero-order valence-electron chi connectivity index (χ0n) is 11.4. The van der Waals surface area contributed by atoms with Crippen molar-refractivity contribution in [3.63, 3.8) is 0 Å². The Morgan fingerprint density at radius 1 is 1.23 bits per heavy atom. The molecular weight excluding hydrogens is 336 g/mol. The smallest absolute Gasteiger partial charge is 0.231 e. The molecule has 112 valence electrons. The largest absolute Gasteiger partial charge is 0.326 e. The number of hydrogen-bond acceptors (Lipinski definition) is 7. The highest BCUT2D eigenvalue weighted by Gasteiger charge is 2.09. The fourth-order valence-electron chi connectivity index (χ4n) is 1.72. The third-order valence-electron chi connectivity index (χ3n) is 2.65. The van der Waals surface area contributed by atoms with Crippen molar-refractivity contribution < 1.29 is 4.79 Å². The average molecular weight is 348 g/mol. The maximum Gasteiger partial charge on any atom is 0.231 e. The van der Waals surface area contributed by atoms with Gasteiger partial charge < -0.3 is 5.32 Å². The van der Waals surface area contributed by atoms with Crippen LogP contribution in [0.5, 0.6) is 0 Å². The summed E-state index contributed by atoms with van der Waals surface area (Å²) in [7, 11) is 0. The van der Waals surface area contributed by atoms with Crippen LogP contribution < -0.4 is 5.32 Å². The Morgan fingerprint density at radius 3 is 2.86 bits per heavy atom. The normalized spacial score (nSPS) is 10.5. The van der Waals surface area contributed by atoms with Gasteiger partial charge >= 0.3 is 0 Å². The van der Waals surface area contributed by atoms with Crippen LogP contribution in [0.3, 0.4) is 0 Å². The number of nitrogens with one attached hydrogen (secondary N) is 1. The Hall–Kier alpha value is -1.77. The second kappa shape index (κ2) is 7.48. The molecule has 2 aromatic heterocycles. The van der Waals surface area contributed by atoms with Gasteiger partial charge in [0, 0.05) is 16.8 Å². The highest BCUT2D eigenvalue weighted by Crippen LogP contribution is 2.24.